The van der Waals surface area contributed by atoms with Crippen molar-refractivity contribution in [3.05, 3.63) is 47.5 Å². The number of nitrogens with one attached hydrogen (secondary N) is 1. The first-order chi connectivity index (χ1) is 12.7. The molecule has 1 N–H and O–H groups in total. The average Bonchev–Trinajstić information content (AvgIpc) is 2.92. The van der Waals surface area contributed by atoms with E-state index in [1.165, 1.54) is 0 Å². The quantitative estimate of drug-likeness (QED) is 0.916. The first-order valence-electron chi connectivity index (χ1n) is 8.81. The third kappa shape index (κ3) is 3.40. The summed E-state index contributed by atoms with van der Waals surface area (Å²) in [7, 11) is 0. The van der Waals surface area contributed by atoms with Crippen molar-refractivity contribution >= 4 is 5.91 Å². The van der Waals surface area contributed by atoms with Gasteiger partial charge in [-0.15, -0.1) is 0 Å². The van der Waals surface area contributed by atoms with Gasteiger partial charge >= 0.3 is 0 Å². The molecule has 4 rings (SSSR count). The average molecular weight is 355 g/mol. The minimum absolute atomic E-state index is 0.165. The van der Waals surface area contributed by atoms with Gasteiger partial charge in [-0.2, -0.15) is 0 Å². The third-order valence-electron chi connectivity index (χ3n) is 4.42. The molecule has 1 amide bonds. The molecule has 2 aliphatic rings. The Balaban J connectivity index is 1.48. The van der Waals surface area contributed by atoms with Gasteiger partial charge in [0, 0.05) is 12.0 Å². The van der Waals surface area contributed by atoms with Crippen LogP contribution in [-0.2, 0) is 0 Å². The van der Waals surface area contributed by atoms with E-state index in [1.807, 2.05) is 25.1 Å². The molecule has 0 spiro atoms. The van der Waals surface area contributed by atoms with E-state index in [0.29, 0.717) is 43.5 Å². The summed E-state index contributed by atoms with van der Waals surface area (Å²) in [5, 5.41) is 3.01. The minimum Gasteiger partial charge on any atom is -0.490 e. The number of benzene rings is 2. The predicted octanol–water partition coefficient (Wildman–Crippen LogP) is 3.11. The van der Waals surface area contributed by atoms with Gasteiger partial charge in [0.2, 0.25) is 0 Å². The lowest BCUT2D eigenvalue weighted by molar-refractivity contribution is 0.0938. The van der Waals surface area contributed by atoms with Gasteiger partial charge in [-0.3, -0.25) is 4.79 Å². The Hall–Kier alpha value is -2.89. The van der Waals surface area contributed by atoms with Crippen molar-refractivity contribution in [1.82, 2.24) is 5.32 Å². The van der Waals surface area contributed by atoms with E-state index >= 15 is 0 Å². The van der Waals surface area contributed by atoms with Gasteiger partial charge in [0.1, 0.15) is 13.2 Å². The van der Waals surface area contributed by atoms with Crippen LogP contribution in [0.25, 0.3) is 0 Å². The van der Waals surface area contributed by atoms with E-state index in [-0.39, 0.29) is 11.9 Å². The molecule has 6 heteroatoms. The van der Waals surface area contributed by atoms with Gasteiger partial charge in [0.05, 0.1) is 19.3 Å². The van der Waals surface area contributed by atoms with E-state index < -0.39 is 0 Å². The van der Waals surface area contributed by atoms with Crippen LogP contribution in [-0.4, -0.2) is 32.3 Å². The number of carbonyl (C=O) groups is 1. The van der Waals surface area contributed by atoms with E-state index in [1.54, 1.807) is 18.2 Å². The molecule has 0 bridgehead atoms. The molecular weight excluding hydrogens is 334 g/mol. The second-order valence-corrected chi connectivity index (χ2v) is 6.31. The summed E-state index contributed by atoms with van der Waals surface area (Å²) in [6, 6.07) is 10.8. The molecule has 136 valence electrons. The van der Waals surface area contributed by atoms with Gasteiger partial charge in [-0.25, -0.2) is 0 Å². The molecule has 0 saturated heterocycles. The highest BCUT2D eigenvalue weighted by Crippen LogP contribution is 2.33. The van der Waals surface area contributed by atoms with Gasteiger partial charge < -0.3 is 24.3 Å². The molecule has 2 aromatic rings. The van der Waals surface area contributed by atoms with Gasteiger partial charge in [0.15, 0.2) is 23.0 Å². The fraction of sp³-hybridized carbons (Fsp3) is 0.350. The van der Waals surface area contributed by atoms with Crippen molar-refractivity contribution in [3.63, 3.8) is 0 Å². The van der Waals surface area contributed by atoms with Crippen LogP contribution in [0.5, 0.6) is 23.0 Å². The summed E-state index contributed by atoms with van der Waals surface area (Å²) in [5.41, 5.74) is 1.50. The number of hydrogen-bond acceptors (Lipinski definition) is 5. The second kappa shape index (κ2) is 7.15. The Morgan fingerprint density at radius 1 is 0.846 bits per heavy atom. The van der Waals surface area contributed by atoms with Crippen molar-refractivity contribution in [2.24, 2.45) is 0 Å². The maximum Gasteiger partial charge on any atom is 0.251 e. The van der Waals surface area contributed by atoms with Crippen molar-refractivity contribution in [1.29, 1.82) is 0 Å². The summed E-state index contributed by atoms with van der Waals surface area (Å²) in [6.45, 7) is 4.25. The highest BCUT2D eigenvalue weighted by Gasteiger charge is 2.18. The largest absolute Gasteiger partial charge is 0.490 e. The number of fused-ring (bicyclic) bond motifs is 2. The molecule has 2 heterocycles. The molecule has 2 aromatic carbocycles. The van der Waals surface area contributed by atoms with Gasteiger partial charge in [0.25, 0.3) is 5.91 Å². The standard InChI is InChI=1S/C20H21NO5/c1-13(14-3-5-16-18(11-14)24-8-2-7-23-16)21-20(22)15-4-6-17-19(12-15)26-10-9-25-17/h3-6,11-13H,2,7-10H2,1H3,(H,21,22)/t13-/m0/s1. The summed E-state index contributed by atoms with van der Waals surface area (Å²) in [6.07, 6.45) is 0.862. The first kappa shape index (κ1) is 16.6. The Morgan fingerprint density at radius 2 is 1.46 bits per heavy atom. The van der Waals surface area contributed by atoms with Crippen molar-refractivity contribution in [3.8, 4) is 23.0 Å². The SMILES string of the molecule is C[C@H](NC(=O)c1ccc2c(c1)OCCO2)c1ccc2c(c1)OCCCO2. The van der Waals surface area contributed by atoms with Gasteiger partial charge in [-0.05, 0) is 42.8 Å². The van der Waals surface area contributed by atoms with Crippen LogP contribution in [0.15, 0.2) is 36.4 Å². The van der Waals surface area contributed by atoms with Crippen LogP contribution in [0.1, 0.15) is 35.3 Å². The number of rotatable bonds is 3. The molecule has 26 heavy (non-hydrogen) atoms. The summed E-state index contributed by atoms with van der Waals surface area (Å²) in [4.78, 5) is 12.6. The molecule has 0 aliphatic carbocycles. The predicted molar refractivity (Wildman–Crippen MR) is 95.4 cm³/mol. The smallest absolute Gasteiger partial charge is 0.251 e. The molecule has 0 radical (unpaired) electrons. The van der Waals surface area contributed by atoms with E-state index in [4.69, 9.17) is 18.9 Å². The van der Waals surface area contributed by atoms with Crippen LogP contribution in [0, 0.1) is 0 Å². The maximum atomic E-state index is 12.6. The maximum absolute atomic E-state index is 12.6. The normalized spacial score (nSPS) is 16.3. The van der Waals surface area contributed by atoms with Crippen LogP contribution in [0.3, 0.4) is 0 Å². The highest BCUT2D eigenvalue weighted by atomic mass is 16.6. The molecule has 0 aromatic heterocycles. The molecule has 0 unspecified atom stereocenters. The molecular formula is C20H21NO5. The second-order valence-electron chi connectivity index (χ2n) is 6.31. The number of hydrogen-bond donors (Lipinski definition) is 1. The summed E-state index contributed by atoms with van der Waals surface area (Å²) < 4.78 is 22.4. The lowest BCUT2D eigenvalue weighted by Gasteiger charge is -2.20. The monoisotopic (exact) mass is 355 g/mol. The fourth-order valence-electron chi connectivity index (χ4n) is 3.00. The highest BCUT2D eigenvalue weighted by molar-refractivity contribution is 5.95. The van der Waals surface area contributed by atoms with Crippen molar-refractivity contribution < 1.29 is 23.7 Å². The van der Waals surface area contributed by atoms with Crippen molar-refractivity contribution in [2.75, 3.05) is 26.4 Å². The van der Waals surface area contributed by atoms with Crippen LogP contribution in [0.2, 0.25) is 0 Å². The lowest BCUT2D eigenvalue weighted by atomic mass is 10.1. The number of carbonyl (C=O) groups excluding carboxylic acids is 1. The minimum atomic E-state index is -0.173. The van der Waals surface area contributed by atoms with Crippen molar-refractivity contribution in [2.45, 2.75) is 19.4 Å². The fourth-order valence-corrected chi connectivity index (χ4v) is 3.00. The molecule has 1 atom stereocenters. The van der Waals surface area contributed by atoms with E-state index in [0.717, 1.165) is 23.5 Å². The van der Waals surface area contributed by atoms with Crippen LogP contribution in [0.4, 0.5) is 0 Å². The molecule has 6 nitrogen and oxygen atoms in total. The number of ether oxygens (including phenoxy) is 4. The Labute approximate surface area is 152 Å². The van der Waals surface area contributed by atoms with Crippen LogP contribution < -0.4 is 24.3 Å². The Bertz CT molecular complexity index is 820. The zero-order chi connectivity index (χ0) is 17.9. The zero-order valence-corrected chi connectivity index (χ0v) is 14.6. The molecule has 2 aliphatic heterocycles. The lowest BCUT2D eigenvalue weighted by Crippen LogP contribution is -2.27. The third-order valence-corrected chi connectivity index (χ3v) is 4.42. The summed E-state index contributed by atoms with van der Waals surface area (Å²) >= 11 is 0. The van der Waals surface area contributed by atoms with E-state index in [9.17, 15) is 4.79 Å². The topological polar surface area (TPSA) is 66.0 Å². The number of amides is 1. The molecule has 0 saturated carbocycles. The van der Waals surface area contributed by atoms with Crippen LogP contribution >= 0.6 is 0 Å². The Kier molecular flexibility index (Phi) is 4.56. The van der Waals surface area contributed by atoms with E-state index in [2.05, 4.69) is 5.32 Å². The summed E-state index contributed by atoms with van der Waals surface area (Å²) in [5.74, 6) is 2.58. The van der Waals surface area contributed by atoms with Gasteiger partial charge in [-0.1, -0.05) is 6.07 Å². The first-order valence-corrected chi connectivity index (χ1v) is 8.81. The zero-order valence-electron chi connectivity index (χ0n) is 14.6. The Morgan fingerprint density at radius 3 is 2.27 bits per heavy atom. The molecule has 0 fully saturated rings.